The van der Waals surface area contributed by atoms with Gasteiger partial charge in [-0.3, -0.25) is 0 Å². The fourth-order valence-corrected chi connectivity index (χ4v) is 1.24. The Morgan fingerprint density at radius 1 is 1.44 bits per heavy atom. The highest BCUT2D eigenvalue weighted by molar-refractivity contribution is 5.77. The second-order valence-corrected chi connectivity index (χ2v) is 3.36. The lowest BCUT2D eigenvalue weighted by molar-refractivity contribution is -0.142. The smallest absolute Gasteiger partial charge is 0.340 e. The van der Waals surface area contributed by atoms with E-state index >= 15 is 0 Å². The highest BCUT2D eigenvalue weighted by Gasteiger charge is 2.17. The van der Waals surface area contributed by atoms with Gasteiger partial charge in [-0.15, -0.1) is 0 Å². The molecule has 0 aliphatic heterocycles. The maximum atomic E-state index is 11.2. The molecule has 1 unspecified atom stereocenters. The van der Waals surface area contributed by atoms with Crippen LogP contribution in [0.4, 0.5) is 0 Å². The van der Waals surface area contributed by atoms with E-state index in [2.05, 4.69) is 0 Å². The number of ether oxygens (including phenoxy) is 1. The number of hydrogen-bond acceptors (Lipinski definition) is 5. The fraction of sp³-hybridized carbons (Fsp3) is 0.364. The number of benzene rings is 1. The number of esters is 1. The number of aliphatic hydroxyl groups excluding tert-OH is 1. The summed E-state index contributed by atoms with van der Waals surface area (Å²) in [7, 11) is 0. The summed E-state index contributed by atoms with van der Waals surface area (Å²) in [6.07, 6.45) is -0.844. The van der Waals surface area contributed by atoms with Gasteiger partial charge in [-0.1, -0.05) is 6.92 Å². The fourth-order valence-electron chi connectivity index (χ4n) is 1.24. The van der Waals surface area contributed by atoms with Crippen molar-refractivity contribution in [3.63, 3.8) is 0 Å². The quantitative estimate of drug-likeness (QED) is 0.405. The van der Waals surface area contributed by atoms with Crippen LogP contribution in [0.25, 0.3) is 0 Å². The zero-order chi connectivity index (χ0) is 12.3. The molecule has 0 amide bonds. The molecule has 3 N–H and O–H groups in total. The normalized spacial score (nSPS) is 12.2. The number of carbonyl (C=O) groups is 1. The molecule has 5 heteroatoms. The van der Waals surface area contributed by atoms with Gasteiger partial charge in [0.1, 0.15) is 11.9 Å². The van der Waals surface area contributed by atoms with Crippen molar-refractivity contribution in [1.82, 2.24) is 0 Å². The van der Waals surface area contributed by atoms with Crippen molar-refractivity contribution in [1.29, 1.82) is 0 Å². The molecule has 0 saturated heterocycles. The summed E-state index contributed by atoms with van der Waals surface area (Å²) in [6, 6.07) is 2.59. The van der Waals surface area contributed by atoms with Crippen LogP contribution in [0.2, 0.25) is 0 Å². The van der Waals surface area contributed by atoms with Crippen molar-refractivity contribution >= 4 is 5.97 Å². The molecule has 0 heterocycles. The number of aliphatic hydroxyl groups is 1. The molecule has 0 aliphatic rings. The lowest BCUT2D eigenvalue weighted by Crippen LogP contribution is -2.22. The summed E-state index contributed by atoms with van der Waals surface area (Å²) < 4.78 is 4.87. The highest BCUT2D eigenvalue weighted by atomic mass is 16.5. The minimum absolute atomic E-state index is 0.142. The van der Waals surface area contributed by atoms with Gasteiger partial charge < -0.3 is 20.1 Å². The second-order valence-electron chi connectivity index (χ2n) is 3.36. The van der Waals surface area contributed by atoms with E-state index in [0.717, 1.165) is 0 Å². The van der Waals surface area contributed by atoms with Gasteiger partial charge in [0.15, 0.2) is 11.5 Å². The number of hydrogen-bond donors (Lipinski definition) is 3. The number of carbonyl (C=O) groups excluding carboxylic acids is 1. The van der Waals surface area contributed by atoms with Crippen molar-refractivity contribution in [2.45, 2.75) is 26.4 Å². The van der Waals surface area contributed by atoms with Gasteiger partial charge in [-0.2, -0.15) is 0 Å². The van der Waals surface area contributed by atoms with Crippen LogP contribution in [-0.4, -0.2) is 27.4 Å². The lowest BCUT2D eigenvalue weighted by atomic mass is 10.1. The molecule has 0 saturated carbocycles. The first-order valence-electron chi connectivity index (χ1n) is 4.91. The Hall–Kier alpha value is -1.75. The Morgan fingerprint density at radius 3 is 2.56 bits per heavy atom. The van der Waals surface area contributed by atoms with Crippen LogP contribution in [0.1, 0.15) is 19.4 Å². The maximum absolute atomic E-state index is 11.2. The highest BCUT2D eigenvalue weighted by Crippen LogP contribution is 2.36. The average Bonchev–Trinajstić information content (AvgIpc) is 2.23. The van der Waals surface area contributed by atoms with Crippen LogP contribution < -0.4 is 4.74 Å². The number of aromatic hydroxyl groups is 2. The van der Waals surface area contributed by atoms with Crippen LogP contribution in [0.3, 0.4) is 0 Å². The molecule has 1 aromatic carbocycles. The molecule has 0 bridgehead atoms. The average molecular weight is 226 g/mol. The molecule has 16 heavy (non-hydrogen) atoms. The van der Waals surface area contributed by atoms with Gasteiger partial charge in [0.25, 0.3) is 0 Å². The Kier molecular flexibility index (Phi) is 3.73. The molecule has 0 spiro atoms. The van der Waals surface area contributed by atoms with Gasteiger partial charge in [0.05, 0.1) is 0 Å². The minimum atomic E-state index is -1.24. The molecule has 5 nitrogen and oxygen atoms in total. The van der Waals surface area contributed by atoms with Crippen molar-refractivity contribution < 1.29 is 24.9 Å². The molecule has 1 aromatic rings. The standard InChI is InChI=1S/C11H14O5/c1-3-7-9(16-11(15)6(2)12)5-4-8(13)10(7)14/h4-6,12-14H,3H2,1-2H3. The Bertz CT molecular complexity index is 398. The van der Waals surface area contributed by atoms with Crippen molar-refractivity contribution in [3.8, 4) is 17.2 Å². The van der Waals surface area contributed by atoms with Crippen LogP contribution in [0.5, 0.6) is 17.2 Å². The van der Waals surface area contributed by atoms with Gasteiger partial charge in [0.2, 0.25) is 0 Å². The maximum Gasteiger partial charge on any atom is 0.340 e. The van der Waals surface area contributed by atoms with Crippen molar-refractivity contribution in [2.24, 2.45) is 0 Å². The lowest BCUT2D eigenvalue weighted by Gasteiger charge is -2.12. The zero-order valence-electron chi connectivity index (χ0n) is 9.10. The Morgan fingerprint density at radius 2 is 2.06 bits per heavy atom. The van der Waals surface area contributed by atoms with E-state index < -0.39 is 12.1 Å². The third kappa shape index (κ3) is 2.43. The molecular formula is C11H14O5. The van der Waals surface area contributed by atoms with Crippen LogP contribution >= 0.6 is 0 Å². The first kappa shape index (κ1) is 12.3. The van der Waals surface area contributed by atoms with E-state index in [0.29, 0.717) is 12.0 Å². The summed E-state index contributed by atoms with van der Waals surface area (Å²) in [6.45, 7) is 3.03. The first-order valence-corrected chi connectivity index (χ1v) is 4.91. The monoisotopic (exact) mass is 226 g/mol. The molecule has 0 fully saturated rings. The predicted molar refractivity (Wildman–Crippen MR) is 56.5 cm³/mol. The molecule has 0 aromatic heterocycles. The van der Waals surface area contributed by atoms with E-state index in [9.17, 15) is 15.0 Å². The van der Waals surface area contributed by atoms with E-state index in [1.165, 1.54) is 19.1 Å². The second kappa shape index (κ2) is 4.85. The van der Waals surface area contributed by atoms with Crippen LogP contribution in [0, 0.1) is 0 Å². The van der Waals surface area contributed by atoms with Gasteiger partial charge in [-0.05, 0) is 25.5 Å². The summed E-state index contributed by atoms with van der Waals surface area (Å²) >= 11 is 0. The zero-order valence-corrected chi connectivity index (χ0v) is 9.10. The van der Waals surface area contributed by atoms with Gasteiger partial charge >= 0.3 is 5.97 Å². The topological polar surface area (TPSA) is 87.0 Å². The molecule has 1 atom stereocenters. The van der Waals surface area contributed by atoms with Crippen molar-refractivity contribution in [2.75, 3.05) is 0 Å². The van der Waals surface area contributed by atoms with Crippen LogP contribution in [-0.2, 0) is 11.2 Å². The summed E-state index contributed by atoms with van der Waals surface area (Å²) in [5.41, 5.74) is 0.328. The molecule has 0 aliphatic carbocycles. The molecule has 1 rings (SSSR count). The van der Waals surface area contributed by atoms with E-state index in [1.54, 1.807) is 6.92 Å². The minimum Gasteiger partial charge on any atom is -0.504 e. The Labute approximate surface area is 92.9 Å². The van der Waals surface area contributed by atoms with E-state index in [-0.39, 0.29) is 17.2 Å². The predicted octanol–water partition coefficient (Wildman–Crippen LogP) is 0.946. The molecular weight excluding hydrogens is 212 g/mol. The number of rotatable bonds is 3. The number of phenols is 2. The summed E-state index contributed by atoms with van der Waals surface area (Å²) in [5.74, 6) is -1.24. The third-order valence-electron chi connectivity index (χ3n) is 2.12. The van der Waals surface area contributed by atoms with Crippen molar-refractivity contribution in [3.05, 3.63) is 17.7 Å². The summed E-state index contributed by atoms with van der Waals surface area (Å²) in [5, 5.41) is 27.8. The van der Waals surface area contributed by atoms with Gasteiger partial charge in [0, 0.05) is 5.56 Å². The van der Waals surface area contributed by atoms with Crippen LogP contribution in [0.15, 0.2) is 12.1 Å². The summed E-state index contributed by atoms with van der Waals surface area (Å²) in [4.78, 5) is 11.2. The third-order valence-corrected chi connectivity index (χ3v) is 2.12. The first-order chi connectivity index (χ1) is 7.47. The van der Waals surface area contributed by atoms with E-state index in [4.69, 9.17) is 9.84 Å². The molecule has 0 radical (unpaired) electrons. The largest absolute Gasteiger partial charge is 0.504 e. The van der Waals surface area contributed by atoms with Gasteiger partial charge in [-0.25, -0.2) is 4.79 Å². The molecule has 88 valence electrons. The van der Waals surface area contributed by atoms with E-state index in [1.807, 2.05) is 0 Å². The number of phenolic OH excluding ortho intramolecular Hbond substituents is 2. The SMILES string of the molecule is CCc1c(OC(=O)C(C)O)ccc(O)c1O. The Balaban J connectivity index is 3.05.